The highest BCUT2D eigenvalue weighted by atomic mass is 32.2. The van der Waals surface area contributed by atoms with E-state index in [0.29, 0.717) is 12.5 Å². The van der Waals surface area contributed by atoms with Gasteiger partial charge in [0.25, 0.3) is 0 Å². The Kier molecular flexibility index (Phi) is 8.18. The number of carboxylic acids is 1. The molecule has 5 nitrogen and oxygen atoms in total. The molecule has 0 aromatic rings. The molecule has 0 aliphatic carbocycles. The Morgan fingerprint density at radius 1 is 1.11 bits per heavy atom. The average Bonchev–Trinajstić information content (AvgIpc) is 2.26. The number of hydrogen-bond donors (Lipinski definition) is 2. The molecule has 2 N–H and O–H groups in total. The van der Waals surface area contributed by atoms with Crippen LogP contribution in [0.2, 0.25) is 0 Å². The Labute approximate surface area is 110 Å². The predicted molar refractivity (Wildman–Crippen MR) is 71.9 cm³/mol. The molecule has 0 aromatic heterocycles. The lowest BCUT2D eigenvalue weighted by molar-refractivity contribution is -0.136. The first-order valence-electron chi connectivity index (χ1n) is 6.48. The molecule has 0 fully saturated rings. The minimum Gasteiger partial charge on any atom is -0.480 e. The van der Waals surface area contributed by atoms with E-state index in [1.807, 2.05) is 0 Å². The van der Waals surface area contributed by atoms with Crippen LogP contribution < -0.4 is 4.72 Å². The van der Waals surface area contributed by atoms with E-state index in [1.54, 1.807) is 0 Å². The van der Waals surface area contributed by atoms with Gasteiger partial charge in [-0.05, 0) is 19.3 Å². The molecule has 1 atom stereocenters. The van der Waals surface area contributed by atoms with Crippen molar-refractivity contribution in [2.75, 3.05) is 6.54 Å². The number of rotatable bonds is 10. The quantitative estimate of drug-likeness (QED) is 0.599. The zero-order valence-electron chi connectivity index (χ0n) is 11.5. The summed E-state index contributed by atoms with van der Waals surface area (Å²) >= 11 is 0. The molecule has 0 aliphatic rings. The topological polar surface area (TPSA) is 83.5 Å². The maximum atomic E-state index is 11.5. The van der Waals surface area contributed by atoms with Gasteiger partial charge in [-0.1, -0.05) is 39.5 Å². The van der Waals surface area contributed by atoms with Crippen molar-refractivity contribution in [2.24, 2.45) is 5.92 Å². The molecule has 0 heterocycles. The molecule has 6 heteroatoms. The van der Waals surface area contributed by atoms with Crippen molar-refractivity contribution in [3.05, 3.63) is 0 Å². The molecule has 0 radical (unpaired) electrons. The summed E-state index contributed by atoms with van der Waals surface area (Å²) in [6, 6.07) is 0. The van der Waals surface area contributed by atoms with Crippen LogP contribution in [0.25, 0.3) is 0 Å². The Balaban J connectivity index is 3.69. The maximum absolute atomic E-state index is 11.5. The lowest BCUT2D eigenvalue weighted by atomic mass is 10.0. The first-order chi connectivity index (χ1) is 8.27. The molecule has 0 rings (SSSR count). The van der Waals surface area contributed by atoms with E-state index in [9.17, 15) is 13.2 Å². The van der Waals surface area contributed by atoms with Gasteiger partial charge in [0.2, 0.25) is 10.0 Å². The van der Waals surface area contributed by atoms with Gasteiger partial charge in [-0.2, -0.15) is 0 Å². The third-order valence-corrected chi connectivity index (χ3v) is 4.56. The maximum Gasteiger partial charge on any atom is 0.323 e. The third kappa shape index (κ3) is 7.66. The van der Waals surface area contributed by atoms with Crippen molar-refractivity contribution in [3.63, 3.8) is 0 Å². The second-order valence-corrected chi connectivity index (χ2v) is 7.10. The highest BCUT2D eigenvalue weighted by Crippen LogP contribution is 2.09. The van der Waals surface area contributed by atoms with Crippen molar-refractivity contribution in [2.45, 2.75) is 58.1 Å². The molecule has 0 bridgehead atoms. The third-order valence-electron chi connectivity index (χ3n) is 2.82. The van der Waals surface area contributed by atoms with E-state index in [1.165, 1.54) is 13.3 Å². The Hall–Kier alpha value is -0.620. The highest BCUT2D eigenvalue weighted by Gasteiger charge is 2.26. The molecule has 0 aliphatic heterocycles. The van der Waals surface area contributed by atoms with Crippen LogP contribution in [-0.2, 0) is 14.8 Å². The van der Waals surface area contributed by atoms with Crippen molar-refractivity contribution < 1.29 is 18.3 Å². The van der Waals surface area contributed by atoms with Gasteiger partial charge in [-0.15, -0.1) is 0 Å². The van der Waals surface area contributed by atoms with Gasteiger partial charge in [0, 0.05) is 6.54 Å². The second kappa shape index (κ2) is 8.48. The molecule has 108 valence electrons. The normalized spacial score (nSPS) is 13.8. The smallest absolute Gasteiger partial charge is 0.323 e. The summed E-state index contributed by atoms with van der Waals surface area (Å²) in [6.07, 6.45) is 5.17. The fraction of sp³-hybridized carbons (Fsp3) is 0.917. The summed E-state index contributed by atoms with van der Waals surface area (Å²) in [6.45, 7) is 5.86. The van der Waals surface area contributed by atoms with E-state index in [-0.39, 0.29) is 0 Å². The minimum absolute atomic E-state index is 0.321. The van der Waals surface area contributed by atoms with Gasteiger partial charge in [0.15, 0.2) is 5.25 Å². The average molecular weight is 279 g/mol. The zero-order chi connectivity index (χ0) is 14.2. The van der Waals surface area contributed by atoms with E-state index < -0.39 is 21.2 Å². The summed E-state index contributed by atoms with van der Waals surface area (Å²) in [5.74, 6) is -0.612. The van der Waals surface area contributed by atoms with Crippen LogP contribution in [0, 0.1) is 5.92 Å². The van der Waals surface area contributed by atoms with Crippen molar-refractivity contribution in [1.82, 2.24) is 4.72 Å². The standard InChI is InChI=1S/C12H25NO4S/c1-10(2)8-6-4-5-7-9-13-18(16,17)11(3)12(14)15/h10-11,13H,4-9H2,1-3H3,(H,14,15). The number of carboxylic acid groups (broad SMARTS) is 1. The van der Waals surface area contributed by atoms with Crippen LogP contribution in [0.5, 0.6) is 0 Å². The molecule has 18 heavy (non-hydrogen) atoms. The molecule has 1 unspecified atom stereocenters. The summed E-state index contributed by atoms with van der Waals surface area (Å²) in [5.41, 5.74) is 0. The number of carbonyl (C=O) groups is 1. The molecule has 0 saturated carbocycles. The summed E-state index contributed by atoms with van der Waals surface area (Å²) in [7, 11) is -3.72. The molecule has 0 saturated heterocycles. The first-order valence-corrected chi connectivity index (χ1v) is 8.03. The van der Waals surface area contributed by atoms with Crippen LogP contribution in [-0.4, -0.2) is 31.3 Å². The van der Waals surface area contributed by atoms with E-state index in [0.717, 1.165) is 25.7 Å². The number of sulfonamides is 1. The number of nitrogens with one attached hydrogen (secondary N) is 1. The first kappa shape index (κ1) is 17.4. The van der Waals surface area contributed by atoms with Gasteiger partial charge < -0.3 is 5.11 Å². The van der Waals surface area contributed by atoms with Gasteiger partial charge >= 0.3 is 5.97 Å². The van der Waals surface area contributed by atoms with E-state index in [2.05, 4.69) is 18.6 Å². The molecule has 0 amide bonds. The lowest BCUT2D eigenvalue weighted by Gasteiger charge is -2.10. The van der Waals surface area contributed by atoms with Crippen LogP contribution in [0.1, 0.15) is 52.9 Å². The summed E-state index contributed by atoms with van der Waals surface area (Å²) in [5, 5.41) is 7.23. The summed E-state index contributed by atoms with van der Waals surface area (Å²) in [4.78, 5) is 10.6. The van der Waals surface area contributed by atoms with Crippen LogP contribution in [0.4, 0.5) is 0 Å². The van der Waals surface area contributed by atoms with E-state index >= 15 is 0 Å². The van der Waals surface area contributed by atoms with Crippen LogP contribution >= 0.6 is 0 Å². The highest BCUT2D eigenvalue weighted by molar-refractivity contribution is 7.90. The van der Waals surface area contributed by atoms with Gasteiger partial charge in [-0.25, -0.2) is 13.1 Å². The van der Waals surface area contributed by atoms with Crippen molar-refractivity contribution in [1.29, 1.82) is 0 Å². The van der Waals surface area contributed by atoms with E-state index in [4.69, 9.17) is 5.11 Å². The summed E-state index contributed by atoms with van der Waals surface area (Å²) < 4.78 is 25.2. The fourth-order valence-corrected chi connectivity index (χ4v) is 2.45. The molecule has 0 spiro atoms. The SMILES string of the molecule is CC(C)CCCCCCNS(=O)(=O)C(C)C(=O)O. The molecular formula is C12H25NO4S. The minimum atomic E-state index is -3.72. The monoisotopic (exact) mass is 279 g/mol. The predicted octanol–water partition coefficient (Wildman–Crippen LogP) is 1.99. The Bertz CT molecular complexity index is 338. The number of aliphatic carboxylic acids is 1. The van der Waals surface area contributed by atoms with Crippen LogP contribution in [0.15, 0.2) is 0 Å². The number of hydrogen-bond acceptors (Lipinski definition) is 3. The molecular weight excluding hydrogens is 254 g/mol. The number of unbranched alkanes of at least 4 members (excludes halogenated alkanes) is 3. The van der Waals surface area contributed by atoms with Crippen LogP contribution in [0.3, 0.4) is 0 Å². The van der Waals surface area contributed by atoms with Gasteiger partial charge in [-0.3, -0.25) is 4.79 Å². The van der Waals surface area contributed by atoms with Crippen molar-refractivity contribution >= 4 is 16.0 Å². The molecule has 0 aromatic carbocycles. The lowest BCUT2D eigenvalue weighted by Crippen LogP contribution is -2.37. The van der Waals surface area contributed by atoms with Gasteiger partial charge in [0.1, 0.15) is 0 Å². The second-order valence-electron chi connectivity index (χ2n) is 5.02. The van der Waals surface area contributed by atoms with Crippen molar-refractivity contribution in [3.8, 4) is 0 Å². The zero-order valence-corrected chi connectivity index (χ0v) is 12.3. The largest absolute Gasteiger partial charge is 0.480 e. The Morgan fingerprint density at radius 2 is 1.67 bits per heavy atom. The Morgan fingerprint density at radius 3 is 2.17 bits per heavy atom. The van der Waals surface area contributed by atoms with Gasteiger partial charge in [0.05, 0.1) is 0 Å². The fourth-order valence-electron chi connectivity index (χ4n) is 1.50.